The van der Waals surface area contributed by atoms with Gasteiger partial charge in [-0.1, -0.05) is 11.6 Å². The van der Waals surface area contributed by atoms with Crippen molar-refractivity contribution in [2.75, 3.05) is 0 Å². The Morgan fingerprint density at radius 2 is 2.43 bits per heavy atom. The largest absolute Gasteiger partial charge is 0.380 e. The van der Waals surface area contributed by atoms with Crippen molar-refractivity contribution in [3.63, 3.8) is 0 Å². The van der Waals surface area contributed by atoms with Crippen molar-refractivity contribution in [3.8, 4) is 0 Å². The smallest absolute Gasteiger partial charge is 0.147 e. The van der Waals surface area contributed by atoms with Gasteiger partial charge < -0.3 is 5.11 Å². The van der Waals surface area contributed by atoms with Crippen LogP contribution in [0.3, 0.4) is 0 Å². The summed E-state index contributed by atoms with van der Waals surface area (Å²) in [6.45, 7) is 0. The molecule has 6 heteroatoms. The maximum Gasteiger partial charge on any atom is 0.147 e. The number of nitrogens with zero attached hydrogens (tertiary/aromatic N) is 3. The first-order chi connectivity index (χ1) is 6.68. The predicted octanol–water partition coefficient (Wildman–Crippen LogP) is 1.61. The SMILES string of the molecule is Cn1nccc1C(O)c1ncc(Cl)s1. The second kappa shape index (κ2) is 3.68. The number of hydrogen-bond donors (Lipinski definition) is 1. The molecule has 0 aromatic carbocycles. The summed E-state index contributed by atoms with van der Waals surface area (Å²) in [4.78, 5) is 4.01. The van der Waals surface area contributed by atoms with Crippen LogP contribution >= 0.6 is 22.9 Å². The van der Waals surface area contributed by atoms with Crippen molar-refractivity contribution in [3.05, 3.63) is 33.5 Å². The van der Waals surface area contributed by atoms with Crippen LogP contribution in [0.25, 0.3) is 0 Å². The van der Waals surface area contributed by atoms with Gasteiger partial charge in [0.15, 0.2) is 0 Å². The van der Waals surface area contributed by atoms with E-state index < -0.39 is 6.10 Å². The number of aryl methyl sites for hydroxylation is 1. The fraction of sp³-hybridized carbons (Fsp3) is 0.250. The molecule has 2 rings (SSSR count). The van der Waals surface area contributed by atoms with Gasteiger partial charge in [0.2, 0.25) is 0 Å². The van der Waals surface area contributed by atoms with Gasteiger partial charge in [0.1, 0.15) is 15.4 Å². The lowest BCUT2D eigenvalue weighted by molar-refractivity contribution is 0.209. The number of aromatic nitrogens is 3. The van der Waals surface area contributed by atoms with Crippen molar-refractivity contribution >= 4 is 22.9 Å². The van der Waals surface area contributed by atoms with Gasteiger partial charge in [-0.25, -0.2) is 4.98 Å². The molecule has 1 unspecified atom stereocenters. The average Bonchev–Trinajstić information content (AvgIpc) is 2.73. The molecule has 0 spiro atoms. The van der Waals surface area contributed by atoms with Crippen LogP contribution in [0.1, 0.15) is 16.8 Å². The van der Waals surface area contributed by atoms with E-state index in [9.17, 15) is 5.11 Å². The normalized spacial score (nSPS) is 13.1. The number of halogens is 1. The zero-order chi connectivity index (χ0) is 10.1. The summed E-state index contributed by atoms with van der Waals surface area (Å²) in [7, 11) is 1.77. The second-order valence-corrected chi connectivity index (χ2v) is 4.48. The Labute approximate surface area is 89.8 Å². The molecular weight excluding hydrogens is 222 g/mol. The summed E-state index contributed by atoms with van der Waals surface area (Å²) in [6, 6.07) is 1.75. The topological polar surface area (TPSA) is 50.9 Å². The molecule has 0 aliphatic rings. The second-order valence-electron chi connectivity index (χ2n) is 2.78. The van der Waals surface area contributed by atoms with Crippen LogP contribution in [-0.4, -0.2) is 19.9 Å². The molecule has 74 valence electrons. The Morgan fingerprint density at radius 1 is 1.64 bits per heavy atom. The van der Waals surface area contributed by atoms with E-state index in [0.717, 1.165) is 0 Å². The molecule has 0 aliphatic heterocycles. The molecule has 1 atom stereocenters. The van der Waals surface area contributed by atoms with Gasteiger partial charge in [-0.05, 0) is 6.07 Å². The fourth-order valence-corrected chi connectivity index (χ4v) is 2.10. The summed E-state index contributed by atoms with van der Waals surface area (Å²) in [5.41, 5.74) is 0.705. The third-order valence-electron chi connectivity index (χ3n) is 1.87. The molecule has 0 fully saturated rings. The number of hydrogen-bond acceptors (Lipinski definition) is 4. The van der Waals surface area contributed by atoms with E-state index in [4.69, 9.17) is 11.6 Å². The molecule has 0 aliphatic carbocycles. The zero-order valence-electron chi connectivity index (χ0n) is 7.38. The Kier molecular flexibility index (Phi) is 2.54. The van der Waals surface area contributed by atoms with Crippen molar-refractivity contribution in [2.45, 2.75) is 6.10 Å². The molecule has 0 radical (unpaired) electrons. The molecule has 2 aromatic heterocycles. The highest BCUT2D eigenvalue weighted by molar-refractivity contribution is 7.15. The van der Waals surface area contributed by atoms with Gasteiger partial charge in [-0.15, -0.1) is 11.3 Å². The molecule has 14 heavy (non-hydrogen) atoms. The Hall–Kier alpha value is -0.910. The van der Waals surface area contributed by atoms with Crippen molar-refractivity contribution < 1.29 is 5.11 Å². The quantitative estimate of drug-likeness (QED) is 0.851. The minimum atomic E-state index is -0.750. The lowest BCUT2D eigenvalue weighted by atomic mass is 10.3. The van der Waals surface area contributed by atoms with Crippen molar-refractivity contribution in [2.24, 2.45) is 7.05 Å². The van der Waals surface area contributed by atoms with Crippen molar-refractivity contribution in [1.82, 2.24) is 14.8 Å². The third kappa shape index (κ3) is 1.66. The fourth-order valence-electron chi connectivity index (χ4n) is 1.17. The molecule has 0 saturated heterocycles. The van der Waals surface area contributed by atoms with Gasteiger partial charge in [-0.3, -0.25) is 4.68 Å². The molecular formula is C8H8ClN3OS. The van der Waals surface area contributed by atoms with Crippen LogP contribution in [0.5, 0.6) is 0 Å². The lowest BCUT2D eigenvalue weighted by Gasteiger charge is -2.06. The van der Waals surface area contributed by atoms with Crippen LogP contribution in [0.2, 0.25) is 4.34 Å². The molecule has 1 N–H and O–H groups in total. The first kappa shape index (κ1) is 9.64. The standard InChI is InChI=1S/C8H8ClN3OS/c1-12-5(2-3-11-12)7(13)8-10-4-6(9)14-8/h2-4,7,13H,1H3. The molecule has 2 aromatic rings. The summed E-state index contributed by atoms with van der Waals surface area (Å²) in [5, 5.41) is 14.5. The van der Waals surface area contributed by atoms with Crippen LogP contribution in [0, 0.1) is 0 Å². The zero-order valence-corrected chi connectivity index (χ0v) is 8.96. The first-order valence-electron chi connectivity index (χ1n) is 3.95. The number of thiazole rings is 1. The summed E-state index contributed by atoms with van der Waals surface area (Å²) >= 11 is 6.99. The van der Waals surface area contributed by atoms with Crippen LogP contribution < -0.4 is 0 Å². The van der Waals surface area contributed by atoms with E-state index in [1.165, 1.54) is 17.5 Å². The van der Waals surface area contributed by atoms with Gasteiger partial charge in [0, 0.05) is 13.2 Å². The summed E-state index contributed by atoms with van der Waals surface area (Å²) < 4.78 is 2.18. The van der Waals surface area contributed by atoms with Crippen molar-refractivity contribution in [1.29, 1.82) is 0 Å². The molecule has 2 heterocycles. The highest BCUT2D eigenvalue weighted by Crippen LogP contribution is 2.27. The number of aliphatic hydroxyl groups excluding tert-OH is 1. The predicted molar refractivity (Wildman–Crippen MR) is 54.4 cm³/mol. The van der Waals surface area contributed by atoms with Gasteiger partial charge in [0.25, 0.3) is 0 Å². The third-order valence-corrected chi connectivity index (χ3v) is 3.04. The van der Waals surface area contributed by atoms with E-state index in [-0.39, 0.29) is 0 Å². The van der Waals surface area contributed by atoms with E-state index in [0.29, 0.717) is 15.0 Å². The minimum Gasteiger partial charge on any atom is -0.380 e. The Balaban J connectivity index is 2.33. The maximum atomic E-state index is 9.90. The van der Waals surface area contributed by atoms with Gasteiger partial charge >= 0.3 is 0 Å². The van der Waals surface area contributed by atoms with Crippen LogP contribution in [0.4, 0.5) is 0 Å². The monoisotopic (exact) mass is 229 g/mol. The minimum absolute atomic E-state index is 0.571. The highest BCUT2D eigenvalue weighted by Gasteiger charge is 2.17. The lowest BCUT2D eigenvalue weighted by Crippen LogP contribution is -2.05. The van der Waals surface area contributed by atoms with E-state index in [2.05, 4.69) is 10.1 Å². The van der Waals surface area contributed by atoms with Gasteiger partial charge in [-0.2, -0.15) is 5.10 Å². The molecule has 0 saturated carbocycles. The molecule has 0 amide bonds. The maximum absolute atomic E-state index is 9.90. The van der Waals surface area contributed by atoms with Crippen LogP contribution in [0.15, 0.2) is 18.5 Å². The average molecular weight is 230 g/mol. The number of aliphatic hydroxyl groups is 1. The first-order valence-corrected chi connectivity index (χ1v) is 5.15. The highest BCUT2D eigenvalue weighted by atomic mass is 35.5. The summed E-state index contributed by atoms with van der Waals surface area (Å²) in [6.07, 6.45) is 2.41. The van der Waals surface area contributed by atoms with E-state index in [1.54, 1.807) is 24.0 Å². The van der Waals surface area contributed by atoms with E-state index >= 15 is 0 Å². The Morgan fingerprint density at radius 3 is 2.93 bits per heavy atom. The molecule has 4 nitrogen and oxygen atoms in total. The molecule has 0 bridgehead atoms. The van der Waals surface area contributed by atoms with E-state index in [1.807, 2.05) is 0 Å². The number of rotatable bonds is 2. The Bertz CT molecular complexity index is 439. The summed E-state index contributed by atoms with van der Waals surface area (Å²) in [5.74, 6) is 0. The van der Waals surface area contributed by atoms with Gasteiger partial charge in [0.05, 0.1) is 11.9 Å². The van der Waals surface area contributed by atoms with Crippen LogP contribution in [-0.2, 0) is 7.05 Å².